The molecule has 0 bridgehead atoms. The van der Waals surface area contributed by atoms with Crippen LogP contribution in [0.3, 0.4) is 0 Å². The van der Waals surface area contributed by atoms with Gasteiger partial charge in [0.25, 0.3) is 0 Å². The molecule has 0 aliphatic heterocycles. The second-order valence-electron chi connectivity index (χ2n) is 31.3. The third kappa shape index (κ3) is 36.3. The van der Waals surface area contributed by atoms with Crippen LogP contribution in [0.1, 0.15) is 312 Å². The van der Waals surface area contributed by atoms with E-state index in [1.807, 2.05) is 12.2 Å². The Labute approximate surface area is 568 Å². The first-order valence-electron chi connectivity index (χ1n) is 37.9. The van der Waals surface area contributed by atoms with Gasteiger partial charge in [-0.15, -0.1) is 0 Å². The number of rotatable bonds is 54. The molecular weight excluding hydrogens is 1130 g/mol. The molecule has 0 N–H and O–H groups in total. The summed E-state index contributed by atoms with van der Waals surface area (Å²) >= 11 is 0. The smallest absolute Gasteiger partial charge is 0.127 e. The number of hydrogen-bond acceptors (Lipinski definition) is 6. The quantitative estimate of drug-likeness (QED) is 0.0525. The van der Waals surface area contributed by atoms with E-state index in [-0.39, 0.29) is 0 Å². The maximum absolute atomic E-state index is 7.05. The first kappa shape index (κ1) is 81.7. The van der Waals surface area contributed by atoms with Gasteiger partial charge in [0, 0.05) is 33.4 Å². The SMILES string of the molecule is C=Cc1cc(OCC[C@@H](C)CCCC(C)C)c(/C=C/c2cc(OCC[C@@H](C)CCCC(C)C)c(/C=C/c3cc(OCC[C@@H](C)CCCC(C)C)c(C=C)cc3OCC[C@@H](C)CCCC(C)C)cc2OCC[C@@H](C)CCCC(C)C)cc1OCC[C@@H](C)CCCC(C)C. The predicted octanol–water partition coefficient (Wildman–Crippen LogP) is 26.7. The lowest BCUT2D eigenvalue weighted by Gasteiger charge is -2.19. The summed E-state index contributed by atoms with van der Waals surface area (Å²) in [4.78, 5) is 0. The Morgan fingerprint density at radius 1 is 0.228 bits per heavy atom. The van der Waals surface area contributed by atoms with Crippen LogP contribution in [0.2, 0.25) is 0 Å². The van der Waals surface area contributed by atoms with Crippen LogP contribution in [0.15, 0.2) is 49.6 Å². The summed E-state index contributed by atoms with van der Waals surface area (Å²) in [5.41, 5.74) is 5.75. The van der Waals surface area contributed by atoms with E-state index in [1.54, 1.807) is 0 Å². The van der Waals surface area contributed by atoms with Crippen LogP contribution in [0.4, 0.5) is 0 Å². The molecule has 0 saturated carbocycles. The molecule has 92 heavy (non-hydrogen) atoms. The van der Waals surface area contributed by atoms with Gasteiger partial charge in [0.1, 0.15) is 34.5 Å². The molecule has 6 nitrogen and oxygen atoms in total. The Morgan fingerprint density at radius 2 is 0.380 bits per heavy atom. The average molecular weight is 1270 g/mol. The van der Waals surface area contributed by atoms with E-state index in [1.165, 1.54) is 116 Å². The highest BCUT2D eigenvalue weighted by Crippen LogP contribution is 2.38. The standard InChI is InChI=1S/C86H142O6/c1-21-75-57-83(89-53-47-71(17)37-25-31-65(7)8)77(59-81(75)87-51-45-69(15)35-23-29-63(3)4)41-43-79-61-86(92-56-50-74(20)40-28-34-68(13)14)80(62-85(79)91-55-49-73(19)39-27-33-67(11)12)44-42-78-60-82(88-52-46-70(16)36-24-30-64(5)6)76(22-2)58-84(78)90-54-48-72(18)38-26-32-66(9)10/h21-22,41-44,57-74H,1-2,23-40,45-56H2,3-20H3/b43-41+,44-42+/t69-,70-,71-,72-,73-,74-/m0/s1. The van der Waals surface area contributed by atoms with Crippen LogP contribution >= 0.6 is 0 Å². The molecule has 3 aromatic carbocycles. The second-order valence-corrected chi connectivity index (χ2v) is 31.3. The minimum absolute atomic E-state index is 0.546. The van der Waals surface area contributed by atoms with Gasteiger partial charge < -0.3 is 28.4 Å². The van der Waals surface area contributed by atoms with Gasteiger partial charge in [-0.05, 0) is 146 Å². The van der Waals surface area contributed by atoms with E-state index in [9.17, 15) is 0 Å². The maximum atomic E-state index is 7.05. The van der Waals surface area contributed by atoms with Gasteiger partial charge in [0.15, 0.2) is 0 Å². The minimum atomic E-state index is 0.546. The largest absolute Gasteiger partial charge is 0.493 e. The zero-order chi connectivity index (χ0) is 67.8. The van der Waals surface area contributed by atoms with E-state index in [0.29, 0.717) is 87.0 Å². The summed E-state index contributed by atoms with van der Waals surface area (Å²) in [6.07, 6.45) is 40.9. The molecule has 6 atom stereocenters. The van der Waals surface area contributed by atoms with Crippen molar-refractivity contribution < 1.29 is 28.4 Å². The molecule has 0 aliphatic carbocycles. The van der Waals surface area contributed by atoms with Gasteiger partial charge in [-0.3, -0.25) is 0 Å². The Balaban J connectivity index is 2.29. The lowest BCUT2D eigenvalue weighted by atomic mass is 9.97. The van der Waals surface area contributed by atoms with Crippen molar-refractivity contribution in [1.29, 1.82) is 0 Å². The Kier molecular flexibility index (Phi) is 42.0. The van der Waals surface area contributed by atoms with Crippen molar-refractivity contribution >= 4 is 36.5 Å². The number of benzene rings is 3. The van der Waals surface area contributed by atoms with E-state index in [0.717, 1.165) is 130 Å². The lowest BCUT2D eigenvalue weighted by Crippen LogP contribution is -2.08. The van der Waals surface area contributed by atoms with Crippen LogP contribution in [0.25, 0.3) is 36.5 Å². The molecule has 3 rings (SSSR count). The van der Waals surface area contributed by atoms with Gasteiger partial charge in [-0.2, -0.15) is 0 Å². The molecular formula is C86H142O6. The van der Waals surface area contributed by atoms with Crippen molar-refractivity contribution in [2.75, 3.05) is 39.6 Å². The van der Waals surface area contributed by atoms with Crippen molar-refractivity contribution in [3.8, 4) is 34.5 Å². The highest BCUT2D eigenvalue weighted by molar-refractivity contribution is 5.82. The van der Waals surface area contributed by atoms with Crippen LogP contribution in [0.5, 0.6) is 34.5 Å². The van der Waals surface area contributed by atoms with Gasteiger partial charge in [0.2, 0.25) is 0 Å². The van der Waals surface area contributed by atoms with Crippen molar-refractivity contribution in [3.63, 3.8) is 0 Å². The van der Waals surface area contributed by atoms with Gasteiger partial charge in [-0.25, -0.2) is 0 Å². The minimum Gasteiger partial charge on any atom is -0.493 e. The molecule has 0 amide bonds. The van der Waals surface area contributed by atoms with Crippen molar-refractivity contribution in [1.82, 2.24) is 0 Å². The van der Waals surface area contributed by atoms with Crippen LogP contribution in [0, 0.1) is 71.0 Å². The Hall–Kier alpha value is -4.58. The van der Waals surface area contributed by atoms with Crippen LogP contribution < -0.4 is 28.4 Å². The zero-order valence-corrected chi connectivity index (χ0v) is 62.9. The van der Waals surface area contributed by atoms with Gasteiger partial charge in [-0.1, -0.05) is 290 Å². The normalized spacial score (nSPS) is 14.1. The highest BCUT2D eigenvalue weighted by Gasteiger charge is 2.18. The molecule has 0 unspecified atom stereocenters. The van der Waals surface area contributed by atoms with E-state index in [2.05, 4.69) is 198 Å². The second kappa shape index (κ2) is 47.3. The monoisotopic (exact) mass is 1270 g/mol. The third-order valence-corrected chi connectivity index (χ3v) is 18.8. The zero-order valence-electron chi connectivity index (χ0n) is 62.9. The van der Waals surface area contributed by atoms with E-state index in [4.69, 9.17) is 28.4 Å². The van der Waals surface area contributed by atoms with Gasteiger partial charge in [0.05, 0.1) is 39.6 Å². The first-order valence-corrected chi connectivity index (χ1v) is 37.9. The van der Waals surface area contributed by atoms with Crippen molar-refractivity contribution in [2.45, 2.75) is 279 Å². The molecule has 522 valence electrons. The topological polar surface area (TPSA) is 55.4 Å². The average Bonchev–Trinajstić information content (AvgIpc) is 0.866. The summed E-state index contributed by atoms with van der Waals surface area (Å²) in [5, 5.41) is 0. The third-order valence-electron chi connectivity index (χ3n) is 18.8. The molecule has 0 aliphatic rings. The predicted molar refractivity (Wildman–Crippen MR) is 405 cm³/mol. The fourth-order valence-corrected chi connectivity index (χ4v) is 12.1. The van der Waals surface area contributed by atoms with Crippen molar-refractivity contribution in [2.24, 2.45) is 71.0 Å². The maximum Gasteiger partial charge on any atom is 0.127 e. The molecule has 0 radical (unpaired) electrons. The Bertz CT molecular complexity index is 2320. The summed E-state index contributed by atoms with van der Waals surface area (Å²) in [7, 11) is 0. The summed E-state index contributed by atoms with van der Waals surface area (Å²) in [5.74, 6) is 12.7. The van der Waals surface area contributed by atoms with Crippen LogP contribution in [-0.2, 0) is 0 Å². The lowest BCUT2D eigenvalue weighted by molar-refractivity contribution is 0.268. The molecule has 6 heteroatoms. The molecule has 0 saturated heterocycles. The number of ether oxygens (including phenoxy) is 6. The molecule has 0 spiro atoms. The molecule has 0 fully saturated rings. The summed E-state index contributed by atoms with van der Waals surface area (Å²) in [6, 6.07) is 13.0. The van der Waals surface area contributed by atoms with E-state index >= 15 is 0 Å². The van der Waals surface area contributed by atoms with E-state index < -0.39 is 0 Å². The van der Waals surface area contributed by atoms with Crippen molar-refractivity contribution in [3.05, 3.63) is 82.9 Å². The Morgan fingerprint density at radius 3 is 0.533 bits per heavy atom. The molecule has 0 heterocycles. The summed E-state index contributed by atoms with van der Waals surface area (Å²) < 4.78 is 41.2. The highest BCUT2D eigenvalue weighted by atomic mass is 16.5. The number of hydrogen-bond donors (Lipinski definition) is 0. The molecule has 3 aromatic rings. The fourth-order valence-electron chi connectivity index (χ4n) is 12.1. The first-order chi connectivity index (χ1) is 44.0. The van der Waals surface area contributed by atoms with Gasteiger partial charge >= 0.3 is 0 Å². The molecule has 0 aromatic heterocycles. The van der Waals surface area contributed by atoms with Crippen LogP contribution in [-0.4, -0.2) is 39.6 Å². The fraction of sp³-hybridized carbons (Fsp3) is 0.698. The summed E-state index contributed by atoms with van der Waals surface area (Å²) in [6.45, 7) is 54.4.